The maximum Gasteiger partial charge on any atom is 0.0898 e. The Morgan fingerprint density at radius 2 is 2.17 bits per heavy atom. The fraction of sp³-hybridized carbons (Fsp3) is 0.357. The van der Waals surface area contributed by atoms with Crippen molar-refractivity contribution in [3.05, 3.63) is 40.3 Å². The van der Waals surface area contributed by atoms with Crippen LogP contribution in [0.3, 0.4) is 0 Å². The molecule has 0 amide bonds. The van der Waals surface area contributed by atoms with E-state index in [2.05, 4.69) is 53.8 Å². The molecule has 0 saturated carbocycles. The van der Waals surface area contributed by atoms with E-state index in [0.29, 0.717) is 0 Å². The van der Waals surface area contributed by atoms with E-state index in [1.54, 1.807) is 11.3 Å². The molecule has 0 fully saturated rings. The first-order chi connectivity index (χ1) is 8.70. The van der Waals surface area contributed by atoms with Crippen LogP contribution in [0.4, 0.5) is 5.69 Å². The van der Waals surface area contributed by atoms with Crippen LogP contribution in [-0.2, 0) is 0 Å². The first-order valence-electron chi connectivity index (χ1n) is 6.11. The number of rotatable bonds is 5. The average Bonchev–Trinajstić information content (AvgIpc) is 2.79. The van der Waals surface area contributed by atoms with E-state index in [-0.39, 0.29) is 6.04 Å². The standard InChI is InChI=1S/C14H18N2S2/c1-4-17-14-8-6-5-7-12(14)15-10(2)13-9-18-11(3)16-13/h5-10,15H,4H2,1-3H3. The molecular weight excluding hydrogens is 260 g/mol. The summed E-state index contributed by atoms with van der Waals surface area (Å²) in [5.74, 6) is 1.09. The van der Waals surface area contributed by atoms with E-state index in [4.69, 9.17) is 0 Å². The van der Waals surface area contributed by atoms with E-state index in [1.807, 2.05) is 18.7 Å². The predicted octanol–water partition coefficient (Wildman–Crippen LogP) is 4.74. The van der Waals surface area contributed by atoms with Crippen molar-refractivity contribution in [2.45, 2.75) is 31.7 Å². The molecule has 96 valence electrons. The van der Waals surface area contributed by atoms with Gasteiger partial charge in [-0.15, -0.1) is 23.1 Å². The monoisotopic (exact) mass is 278 g/mol. The van der Waals surface area contributed by atoms with Crippen LogP contribution in [0.2, 0.25) is 0 Å². The Morgan fingerprint density at radius 3 is 2.83 bits per heavy atom. The lowest BCUT2D eigenvalue weighted by molar-refractivity contribution is 0.841. The van der Waals surface area contributed by atoms with Gasteiger partial charge in [-0.2, -0.15) is 0 Å². The summed E-state index contributed by atoms with van der Waals surface area (Å²) in [5.41, 5.74) is 2.32. The van der Waals surface area contributed by atoms with Gasteiger partial charge in [0, 0.05) is 16.0 Å². The number of nitrogens with one attached hydrogen (secondary N) is 1. The predicted molar refractivity (Wildman–Crippen MR) is 81.7 cm³/mol. The van der Waals surface area contributed by atoms with E-state index in [1.165, 1.54) is 10.6 Å². The number of anilines is 1. The van der Waals surface area contributed by atoms with Gasteiger partial charge in [-0.1, -0.05) is 19.1 Å². The van der Waals surface area contributed by atoms with Crippen LogP contribution in [0.25, 0.3) is 0 Å². The normalized spacial score (nSPS) is 12.4. The van der Waals surface area contributed by atoms with Gasteiger partial charge in [-0.3, -0.25) is 0 Å². The third-order valence-electron chi connectivity index (χ3n) is 2.64. The van der Waals surface area contributed by atoms with E-state index < -0.39 is 0 Å². The summed E-state index contributed by atoms with van der Waals surface area (Å²) in [7, 11) is 0. The van der Waals surface area contributed by atoms with Crippen molar-refractivity contribution >= 4 is 28.8 Å². The lowest BCUT2D eigenvalue weighted by atomic mass is 10.2. The van der Waals surface area contributed by atoms with E-state index in [9.17, 15) is 0 Å². The van der Waals surface area contributed by atoms with Crippen LogP contribution >= 0.6 is 23.1 Å². The lowest BCUT2D eigenvalue weighted by Crippen LogP contribution is -2.07. The molecule has 1 atom stereocenters. The fourth-order valence-electron chi connectivity index (χ4n) is 1.75. The second-order valence-corrected chi connectivity index (χ2v) is 6.45. The molecule has 0 aliphatic carbocycles. The third-order valence-corrected chi connectivity index (χ3v) is 4.39. The number of hydrogen-bond donors (Lipinski definition) is 1. The number of aryl methyl sites for hydroxylation is 1. The molecule has 0 saturated heterocycles. The quantitative estimate of drug-likeness (QED) is 0.800. The van der Waals surface area contributed by atoms with Crippen LogP contribution in [0, 0.1) is 6.92 Å². The zero-order chi connectivity index (χ0) is 13.0. The van der Waals surface area contributed by atoms with Crippen molar-refractivity contribution in [2.24, 2.45) is 0 Å². The van der Waals surface area contributed by atoms with Gasteiger partial charge in [0.15, 0.2) is 0 Å². The summed E-state index contributed by atoms with van der Waals surface area (Å²) in [4.78, 5) is 5.84. The van der Waals surface area contributed by atoms with Gasteiger partial charge >= 0.3 is 0 Å². The van der Waals surface area contributed by atoms with Gasteiger partial charge in [0.2, 0.25) is 0 Å². The van der Waals surface area contributed by atoms with Crippen molar-refractivity contribution in [1.29, 1.82) is 0 Å². The molecule has 18 heavy (non-hydrogen) atoms. The highest BCUT2D eigenvalue weighted by Gasteiger charge is 2.10. The summed E-state index contributed by atoms with van der Waals surface area (Å²) in [6, 6.07) is 8.69. The van der Waals surface area contributed by atoms with Crippen molar-refractivity contribution in [1.82, 2.24) is 4.98 Å². The molecule has 1 aromatic heterocycles. The molecule has 0 aliphatic rings. The Labute approximate surface area is 117 Å². The van der Waals surface area contributed by atoms with Gasteiger partial charge in [-0.05, 0) is 31.7 Å². The first kappa shape index (κ1) is 13.4. The number of thiazole rings is 1. The SMILES string of the molecule is CCSc1ccccc1NC(C)c1csc(C)n1. The van der Waals surface area contributed by atoms with Crippen molar-refractivity contribution in [2.75, 3.05) is 11.1 Å². The number of para-hydroxylation sites is 1. The molecule has 1 N–H and O–H groups in total. The molecule has 2 rings (SSSR count). The molecule has 1 unspecified atom stereocenters. The number of aromatic nitrogens is 1. The highest BCUT2D eigenvalue weighted by Crippen LogP contribution is 2.29. The summed E-state index contributed by atoms with van der Waals surface area (Å²) < 4.78 is 0. The maximum absolute atomic E-state index is 4.53. The minimum absolute atomic E-state index is 0.244. The van der Waals surface area contributed by atoms with E-state index in [0.717, 1.165) is 16.5 Å². The second-order valence-electron chi connectivity index (χ2n) is 4.09. The lowest BCUT2D eigenvalue weighted by Gasteiger charge is -2.16. The number of thioether (sulfide) groups is 1. The van der Waals surface area contributed by atoms with Gasteiger partial charge in [0.25, 0.3) is 0 Å². The zero-order valence-electron chi connectivity index (χ0n) is 10.9. The van der Waals surface area contributed by atoms with Crippen molar-refractivity contribution in [3.8, 4) is 0 Å². The topological polar surface area (TPSA) is 24.9 Å². The molecule has 0 aliphatic heterocycles. The fourth-order valence-corrected chi connectivity index (χ4v) is 3.23. The van der Waals surface area contributed by atoms with Gasteiger partial charge in [0.1, 0.15) is 0 Å². The zero-order valence-corrected chi connectivity index (χ0v) is 12.6. The first-order valence-corrected chi connectivity index (χ1v) is 7.97. The number of nitrogens with zero attached hydrogens (tertiary/aromatic N) is 1. The van der Waals surface area contributed by atoms with Gasteiger partial charge in [0.05, 0.1) is 16.7 Å². The third kappa shape index (κ3) is 3.27. The summed E-state index contributed by atoms with van der Waals surface area (Å²) in [5, 5.41) is 6.80. The van der Waals surface area contributed by atoms with Crippen LogP contribution in [0.1, 0.15) is 30.6 Å². The molecule has 2 aromatic rings. The summed E-state index contributed by atoms with van der Waals surface area (Å²) in [6.45, 7) is 6.37. The molecule has 0 spiro atoms. The highest BCUT2D eigenvalue weighted by molar-refractivity contribution is 7.99. The second kappa shape index (κ2) is 6.25. The highest BCUT2D eigenvalue weighted by atomic mass is 32.2. The summed E-state index contributed by atoms with van der Waals surface area (Å²) in [6.07, 6.45) is 0. The molecule has 4 heteroatoms. The Balaban J connectivity index is 2.13. The van der Waals surface area contributed by atoms with Crippen molar-refractivity contribution < 1.29 is 0 Å². The van der Waals surface area contributed by atoms with Crippen LogP contribution < -0.4 is 5.32 Å². The molecule has 0 bridgehead atoms. The summed E-state index contributed by atoms with van der Waals surface area (Å²) >= 11 is 3.57. The van der Waals surface area contributed by atoms with Gasteiger partial charge < -0.3 is 5.32 Å². The van der Waals surface area contributed by atoms with E-state index >= 15 is 0 Å². The van der Waals surface area contributed by atoms with Crippen molar-refractivity contribution in [3.63, 3.8) is 0 Å². The van der Waals surface area contributed by atoms with Crippen LogP contribution in [0.15, 0.2) is 34.5 Å². The minimum atomic E-state index is 0.244. The largest absolute Gasteiger partial charge is 0.376 e. The Morgan fingerprint density at radius 1 is 1.39 bits per heavy atom. The van der Waals surface area contributed by atoms with Crippen LogP contribution in [-0.4, -0.2) is 10.7 Å². The Kier molecular flexibility index (Phi) is 4.66. The minimum Gasteiger partial charge on any atom is -0.376 e. The molecule has 1 heterocycles. The maximum atomic E-state index is 4.53. The Bertz CT molecular complexity index is 508. The molecule has 1 aromatic carbocycles. The van der Waals surface area contributed by atoms with Gasteiger partial charge in [-0.25, -0.2) is 4.98 Å². The smallest absolute Gasteiger partial charge is 0.0898 e. The number of benzene rings is 1. The molecule has 0 radical (unpaired) electrons. The molecule has 2 nitrogen and oxygen atoms in total. The van der Waals surface area contributed by atoms with Crippen LogP contribution in [0.5, 0.6) is 0 Å². The Hall–Kier alpha value is -1.00. The number of hydrogen-bond acceptors (Lipinski definition) is 4. The average molecular weight is 278 g/mol. The molecular formula is C14H18N2S2.